The van der Waals surface area contributed by atoms with Crippen LogP contribution in [0.1, 0.15) is 13.8 Å². The Morgan fingerprint density at radius 2 is 2.10 bits per heavy atom. The Bertz CT molecular complexity index is 186. The van der Waals surface area contributed by atoms with E-state index in [-0.39, 0.29) is 11.9 Å². The molecule has 1 aliphatic heterocycles. The summed E-state index contributed by atoms with van der Waals surface area (Å²) in [7, 11) is 1.65. The largest absolute Gasteiger partial charge is 0.334 e. The smallest absolute Gasteiger partial charge is 0.231 e. The van der Waals surface area contributed by atoms with Crippen molar-refractivity contribution in [2.45, 2.75) is 19.9 Å². The zero-order valence-electron chi connectivity index (χ0n) is 6.42. The number of carbonyl (C=O) groups is 2. The quantitative estimate of drug-likeness (QED) is 0.382. The highest BCUT2D eigenvalue weighted by Gasteiger charge is 2.51. The maximum atomic E-state index is 11.0. The van der Waals surface area contributed by atoms with Crippen LogP contribution in [-0.4, -0.2) is 30.2 Å². The fourth-order valence-electron chi connectivity index (χ4n) is 1.39. The molecule has 0 spiro atoms. The Morgan fingerprint density at radius 1 is 1.60 bits per heavy atom. The summed E-state index contributed by atoms with van der Waals surface area (Å²) >= 11 is 0. The van der Waals surface area contributed by atoms with Gasteiger partial charge in [-0.15, -0.1) is 0 Å². The molecule has 0 saturated carbocycles. The van der Waals surface area contributed by atoms with Crippen molar-refractivity contribution in [3.63, 3.8) is 0 Å². The average Bonchev–Trinajstić information content (AvgIpc) is 1.88. The summed E-state index contributed by atoms with van der Waals surface area (Å²) in [6, 6.07) is -0.222. The van der Waals surface area contributed by atoms with Crippen molar-refractivity contribution in [1.82, 2.24) is 4.90 Å². The van der Waals surface area contributed by atoms with Gasteiger partial charge < -0.3 is 9.69 Å². The Kier molecular flexibility index (Phi) is 1.31. The van der Waals surface area contributed by atoms with Crippen LogP contribution in [0.15, 0.2) is 0 Å². The molecule has 0 aromatic carbocycles. The minimum atomic E-state index is -0.462. The van der Waals surface area contributed by atoms with Crippen LogP contribution in [0.25, 0.3) is 0 Å². The van der Waals surface area contributed by atoms with Crippen LogP contribution >= 0.6 is 0 Å². The number of likely N-dealkylation sites (tertiary alicyclic amines) is 1. The van der Waals surface area contributed by atoms with Gasteiger partial charge in [0.15, 0.2) is 0 Å². The Balaban J connectivity index is 2.80. The molecule has 0 aromatic rings. The highest BCUT2D eigenvalue weighted by Crippen LogP contribution is 2.35. The lowest BCUT2D eigenvalue weighted by Gasteiger charge is -2.48. The van der Waals surface area contributed by atoms with Crippen LogP contribution in [0, 0.1) is 5.41 Å². The standard InChI is InChI=1S/C7H11NO2/c1-7(2)5(4-9)8(3)6(7)10/h4-5H,1-3H3. The summed E-state index contributed by atoms with van der Waals surface area (Å²) in [5.41, 5.74) is -0.462. The number of hydrogen-bond acceptors (Lipinski definition) is 2. The van der Waals surface area contributed by atoms with Crippen molar-refractivity contribution in [1.29, 1.82) is 0 Å². The molecule has 1 unspecified atom stereocenters. The number of aldehydes is 1. The Hall–Kier alpha value is -0.860. The third-order valence-corrected chi connectivity index (χ3v) is 2.16. The number of nitrogens with zero attached hydrogens (tertiary/aromatic N) is 1. The molecule has 1 aliphatic rings. The normalized spacial score (nSPS) is 29.7. The lowest BCUT2D eigenvalue weighted by molar-refractivity contribution is -0.166. The molecule has 1 heterocycles. The average molecular weight is 141 g/mol. The maximum absolute atomic E-state index is 11.0. The molecule has 1 rings (SSSR count). The van der Waals surface area contributed by atoms with E-state index in [0.717, 1.165) is 6.29 Å². The molecule has 1 atom stereocenters. The van der Waals surface area contributed by atoms with Gasteiger partial charge in [0, 0.05) is 7.05 Å². The van der Waals surface area contributed by atoms with Gasteiger partial charge in [-0.2, -0.15) is 0 Å². The second-order valence-electron chi connectivity index (χ2n) is 3.22. The highest BCUT2D eigenvalue weighted by molar-refractivity contribution is 5.95. The van der Waals surface area contributed by atoms with Gasteiger partial charge in [-0.05, 0) is 13.8 Å². The summed E-state index contributed by atoms with van der Waals surface area (Å²) in [4.78, 5) is 22.8. The third-order valence-electron chi connectivity index (χ3n) is 2.16. The summed E-state index contributed by atoms with van der Waals surface area (Å²) in [5, 5.41) is 0. The van der Waals surface area contributed by atoms with E-state index in [1.165, 1.54) is 4.90 Å². The minimum Gasteiger partial charge on any atom is -0.334 e. The van der Waals surface area contributed by atoms with Gasteiger partial charge in [0.05, 0.1) is 5.41 Å². The van der Waals surface area contributed by atoms with Gasteiger partial charge >= 0.3 is 0 Å². The summed E-state index contributed by atoms with van der Waals surface area (Å²) in [6.07, 6.45) is 0.821. The topological polar surface area (TPSA) is 37.4 Å². The molecule has 1 fully saturated rings. The van der Waals surface area contributed by atoms with Crippen molar-refractivity contribution in [3.05, 3.63) is 0 Å². The van der Waals surface area contributed by atoms with Crippen molar-refractivity contribution in [3.8, 4) is 0 Å². The van der Waals surface area contributed by atoms with Crippen molar-refractivity contribution in [2.24, 2.45) is 5.41 Å². The van der Waals surface area contributed by atoms with E-state index in [9.17, 15) is 9.59 Å². The number of rotatable bonds is 1. The molecule has 10 heavy (non-hydrogen) atoms. The first kappa shape index (κ1) is 7.25. The van der Waals surface area contributed by atoms with E-state index in [1.807, 2.05) is 0 Å². The van der Waals surface area contributed by atoms with Crippen LogP contribution in [0.2, 0.25) is 0 Å². The highest BCUT2D eigenvalue weighted by atomic mass is 16.2. The van der Waals surface area contributed by atoms with Gasteiger partial charge in [0.2, 0.25) is 5.91 Å². The lowest BCUT2D eigenvalue weighted by atomic mass is 9.75. The number of likely N-dealkylation sites (N-methyl/N-ethyl adjacent to an activating group) is 1. The molecule has 3 nitrogen and oxygen atoms in total. The second kappa shape index (κ2) is 1.81. The van der Waals surface area contributed by atoms with E-state index in [2.05, 4.69) is 0 Å². The summed E-state index contributed by atoms with van der Waals surface area (Å²) in [5.74, 6) is 0.0459. The molecule has 0 aromatic heterocycles. The first-order valence-corrected chi connectivity index (χ1v) is 3.24. The van der Waals surface area contributed by atoms with Crippen molar-refractivity contribution in [2.75, 3.05) is 7.05 Å². The van der Waals surface area contributed by atoms with Crippen LogP contribution in [0.5, 0.6) is 0 Å². The zero-order chi connectivity index (χ0) is 7.94. The van der Waals surface area contributed by atoms with Crippen LogP contribution in [0.3, 0.4) is 0 Å². The van der Waals surface area contributed by atoms with E-state index < -0.39 is 5.41 Å². The van der Waals surface area contributed by atoms with E-state index in [4.69, 9.17) is 0 Å². The molecule has 3 heteroatoms. The van der Waals surface area contributed by atoms with Gasteiger partial charge in [-0.25, -0.2) is 0 Å². The second-order valence-corrected chi connectivity index (χ2v) is 3.22. The van der Waals surface area contributed by atoms with Gasteiger partial charge in [0.25, 0.3) is 0 Å². The predicted octanol–water partition coefficient (Wildman–Crippen LogP) is 0.0521. The Labute approximate surface area is 60.0 Å². The fourth-order valence-corrected chi connectivity index (χ4v) is 1.39. The minimum absolute atomic E-state index is 0.0459. The molecule has 56 valence electrons. The van der Waals surface area contributed by atoms with Crippen LogP contribution in [0.4, 0.5) is 0 Å². The first-order valence-electron chi connectivity index (χ1n) is 3.24. The molecule has 1 saturated heterocycles. The fraction of sp³-hybridized carbons (Fsp3) is 0.714. The van der Waals surface area contributed by atoms with Crippen LogP contribution < -0.4 is 0 Å². The predicted molar refractivity (Wildman–Crippen MR) is 36.4 cm³/mol. The number of amides is 1. The summed E-state index contributed by atoms with van der Waals surface area (Å²) < 4.78 is 0. The molecular weight excluding hydrogens is 130 g/mol. The molecule has 0 N–H and O–H groups in total. The number of β-lactam (4-membered cyclic amide) rings is 1. The molecular formula is C7H11NO2. The monoisotopic (exact) mass is 141 g/mol. The molecule has 1 amide bonds. The number of carbonyl (C=O) groups excluding carboxylic acids is 2. The molecule has 0 aliphatic carbocycles. The number of hydrogen-bond donors (Lipinski definition) is 0. The Morgan fingerprint density at radius 3 is 2.30 bits per heavy atom. The van der Waals surface area contributed by atoms with Crippen molar-refractivity contribution >= 4 is 12.2 Å². The zero-order valence-corrected chi connectivity index (χ0v) is 6.42. The third kappa shape index (κ3) is 0.602. The van der Waals surface area contributed by atoms with Crippen molar-refractivity contribution < 1.29 is 9.59 Å². The lowest BCUT2D eigenvalue weighted by Crippen LogP contribution is -2.65. The SMILES string of the molecule is CN1C(=O)C(C)(C)C1C=O. The van der Waals surface area contributed by atoms with Gasteiger partial charge in [0.1, 0.15) is 12.3 Å². The first-order chi connectivity index (χ1) is 4.51. The van der Waals surface area contributed by atoms with Gasteiger partial charge in [-0.3, -0.25) is 4.79 Å². The summed E-state index contributed by atoms with van der Waals surface area (Å²) in [6.45, 7) is 3.57. The van der Waals surface area contributed by atoms with Crippen LogP contribution in [-0.2, 0) is 9.59 Å². The van der Waals surface area contributed by atoms with E-state index in [0.29, 0.717) is 0 Å². The molecule has 0 bridgehead atoms. The van der Waals surface area contributed by atoms with E-state index in [1.54, 1.807) is 20.9 Å². The maximum Gasteiger partial charge on any atom is 0.231 e. The molecule has 0 radical (unpaired) electrons. The van der Waals surface area contributed by atoms with Gasteiger partial charge in [-0.1, -0.05) is 0 Å². The van der Waals surface area contributed by atoms with E-state index >= 15 is 0 Å².